The molecule has 0 radical (unpaired) electrons. The minimum Gasteiger partial charge on any atom is -0.455 e. The number of hydrogen-bond donors (Lipinski definition) is 0. The molecule has 0 aliphatic rings. The number of hydrogen-bond acceptors (Lipinski definition) is 2. The quantitative estimate of drug-likeness (QED) is 0.166. The molecule has 0 spiro atoms. The van der Waals surface area contributed by atoms with Crippen LogP contribution in [0.3, 0.4) is 0 Å². The molecule has 0 saturated heterocycles. The average Bonchev–Trinajstić information content (AvgIpc) is 3.65. The van der Waals surface area contributed by atoms with Crippen molar-refractivity contribution in [3.63, 3.8) is 0 Å². The topological polar surface area (TPSA) is 16.4 Å². The second-order valence-electron chi connectivity index (χ2n) is 13.7. The number of benzene rings is 9. The first kappa shape index (κ1) is 31.6. The average molecular weight is 690 g/mol. The van der Waals surface area contributed by atoms with Crippen LogP contribution < -0.4 is 4.90 Å². The van der Waals surface area contributed by atoms with Gasteiger partial charge in [-0.25, -0.2) is 0 Å². The predicted octanol–water partition coefficient (Wildman–Crippen LogP) is 14.9. The lowest BCUT2D eigenvalue weighted by molar-refractivity contribution is 0.670. The molecule has 0 N–H and O–H groups in total. The van der Waals surface area contributed by atoms with E-state index >= 15 is 0 Å². The molecule has 10 aromatic rings. The molecule has 0 amide bonds. The highest BCUT2D eigenvalue weighted by atomic mass is 16.3. The molecule has 54 heavy (non-hydrogen) atoms. The second-order valence-corrected chi connectivity index (χ2v) is 13.7. The number of rotatable bonds is 7. The van der Waals surface area contributed by atoms with Gasteiger partial charge in [-0.3, -0.25) is 0 Å². The molecule has 0 fully saturated rings. The van der Waals surface area contributed by atoms with Crippen LogP contribution in [0.4, 0.5) is 17.1 Å². The van der Waals surface area contributed by atoms with Crippen LogP contribution in [0.2, 0.25) is 0 Å². The Morgan fingerprint density at radius 1 is 0.315 bits per heavy atom. The summed E-state index contributed by atoms with van der Waals surface area (Å²) in [7, 11) is 0. The summed E-state index contributed by atoms with van der Waals surface area (Å²) >= 11 is 0. The molecule has 0 aliphatic carbocycles. The molecule has 1 heterocycles. The zero-order valence-electron chi connectivity index (χ0n) is 29.6. The van der Waals surface area contributed by atoms with Gasteiger partial charge in [-0.05, 0) is 81.1 Å². The number of para-hydroxylation sites is 3. The van der Waals surface area contributed by atoms with Crippen LogP contribution in [-0.4, -0.2) is 0 Å². The maximum Gasteiger partial charge on any atom is 0.145 e. The largest absolute Gasteiger partial charge is 0.455 e. The summed E-state index contributed by atoms with van der Waals surface area (Å²) in [6, 6.07) is 75.8. The molecule has 2 nitrogen and oxygen atoms in total. The van der Waals surface area contributed by atoms with Gasteiger partial charge >= 0.3 is 0 Å². The fourth-order valence-electron chi connectivity index (χ4n) is 7.91. The van der Waals surface area contributed by atoms with Crippen molar-refractivity contribution in [1.82, 2.24) is 0 Å². The Hall–Kier alpha value is -7.16. The first-order valence-electron chi connectivity index (χ1n) is 18.4. The molecule has 2 heteroatoms. The summed E-state index contributed by atoms with van der Waals surface area (Å²) in [6.07, 6.45) is 0. The first-order chi connectivity index (χ1) is 26.8. The molecule has 254 valence electrons. The van der Waals surface area contributed by atoms with Crippen molar-refractivity contribution in [3.8, 4) is 44.5 Å². The van der Waals surface area contributed by atoms with E-state index in [1.165, 1.54) is 21.9 Å². The highest BCUT2D eigenvalue weighted by Gasteiger charge is 2.25. The summed E-state index contributed by atoms with van der Waals surface area (Å²) in [6.45, 7) is 0. The highest BCUT2D eigenvalue weighted by molar-refractivity contribution is 6.18. The molecule has 0 aliphatic heterocycles. The Balaban J connectivity index is 1.27. The molecule has 0 saturated carbocycles. The van der Waals surface area contributed by atoms with Crippen molar-refractivity contribution < 1.29 is 4.42 Å². The molecule has 0 unspecified atom stereocenters. The van der Waals surface area contributed by atoms with E-state index in [2.05, 4.69) is 217 Å². The van der Waals surface area contributed by atoms with Gasteiger partial charge in [-0.2, -0.15) is 0 Å². The van der Waals surface area contributed by atoms with Crippen LogP contribution in [0.25, 0.3) is 77.2 Å². The van der Waals surface area contributed by atoms with E-state index in [0.717, 1.165) is 72.4 Å². The summed E-state index contributed by atoms with van der Waals surface area (Å²) in [4.78, 5) is 2.45. The second kappa shape index (κ2) is 13.4. The van der Waals surface area contributed by atoms with Crippen LogP contribution in [0, 0.1) is 0 Å². The van der Waals surface area contributed by atoms with Gasteiger partial charge in [-0.15, -0.1) is 0 Å². The lowest BCUT2D eigenvalue weighted by atomic mass is 9.95. The Labute approximate surface area is 314 Å². The smallest absolute Gasteiger partial charge is 0.145 e. The van der Waals surface area contributed by atoms with E-state index in [1.807, 2.05) is 0 Å². The van der Waals surface area contributed by atoms with E-state index in [9.17, 15) is 0 Å². The summed E-state index contributed by atoms with van der Waals surface area (Å²) in [5.74, 6) is 0. The zero-order valence-corrected chi connectivity index (χ0v) is 29.6. The van der Waals surface area contributed by atoms with Gasteiger partial charge in [-0.1, -0.05) is 170 Å². The van der Waals surface area contributed by atoms with Gasteiger partial charge in [0.15, 0.2) is 0 Å². The van der Waals surface area contributed by atoms with Crippen molar-refractivity contribution >= 4 is 49.8 Å². The monoisotopic (exact) mass is 689 g/mol. The molecule has 1 aromatic heterocycles. The van der Waals surface area contributed by atoms with Crippen LogP contribution in [0.15, 0.2) is 217 Å². The normalized spacial score (nSPS) is 11.3. The van der Waals surface area contributed by atoms with Crippen LogP contribution in [0.1, 0.15) is 0 Å². The third kappa shape index (κ3) is 5.53. The Morgan fingerprint density at radius 3 is 1.67 bits per heavy atom. The van der Waals surface area contributed by atoms with E-state index in [4.69, 9.17) is 4.42 Å². The minimum absolute atomic E-state index is 0.863. The van der Waals surface area contributed by atoms with Gasteiger partial charge in [0.2, 0.25) is 0 Å². The maximum atomic E-state index is 6.88. The fourth-order valence-corrected chi connectivity index (χ4v) is 7.91. The Morgan fingerprint density at radius 2 is 0.889 bits per heavy atom. The molecule has 0 atom stereocenters. The third-order valence-electron chi connectivity index (χ3n) is 10.5. The lowest BCUT2D eigenvalue weighted by Gasteiger charge is -2.30. The van der Waals surface area contributed by atoms with Crippen molar-refractivity contribution in [3.05, 3.63) is 212 Å². The van der Waals surface area contributed by atoms with E-state index in [1.54, 1.807) is 0 Å². The molecule has 10 rings (SSSR count). The van der Waals surface area contributed by atoms with Crippen molar-refractivity contribution in [2.45, 2.75) is 0 Å². The summed E-state index contributed by atoms with van der Waals surface area (Å²) < 4.78 is 6.88. The molecule has 0 bridgehead atoms. The standard InChI is InChI=1S/C52H35NO/c1-3-16-36(17-4-1)40-22-15-23-41(34-40)44-25-10-13-28-48(44)53(47-27-12-9-24-43(47)38-19-5-2-6-20-38)49-33-32-45(42-31-30-37-18-7-8-21-39(37)35-42)52-51(49)46-26-11-14-29-50(46)54-52/h1-35H. The number of nitrogens with zero attached hydrogens (tertiary/aromatic N) is 1. The fraction of sp³-hybridized carbons (Fsp3) is 0. The van der Waals surface area contributed by atoms with Crippen LogP contribution in [-0.2, 0) is 0 Å². The van der Waals surface area contributed by atoms with Crippen molar-refractivity contribution in [1.29, 1.82) is 0 Å². The highest BCUT2D eigenvalue weighted by Crippen LogP contribution is 2.50. The van der Waals surface area contributed by atoms with Gasteiger partial charge in [0.1, 0.15) is 11.2 Å². The summed E-state index contributed by atoms with van der Waals surface area (Å²) in [5.41, 5.74) is 14.1. The van der Waals surface area contributed by atoms with Crippen molar-refractivity contribution in [2.24, 2.45) is 0 Å². The van der Waals surface area contributed by atoms with Gasteiger partial charge in [0.05, 0.1) is 22.4 Å². The van der Waals surface area contributed by atoms with Crippen LogP contribution >= 0.6 is 0 Å². The van der Waals surface area contributed by atoms with Crippen LogP contribution in [0.5, 0.6) is 0 Å². The van der Waals surface area contributed by atoms with Gasteiger partial charge in [0.25, 0.3) is 0 Å². The number of furan rings is 1. The molecule has 9 aromatic carbocycles. The first-order valence-corrected chi connectivity index (χ1v) is 18.4. The molecular formula is C52H35NO. The maximum absolute atomic E-state index is 6.88. The van der Waals surface area contributed by atoms with E-state index in [0.29, 0.717) is 0 Å². The molecular weight excluding hydrogens is 655 g/mol. The number of fused-ring (bicyclic) bond motifs is 4. The zero-order chi connectivity index (χ0) is 35.8. The lowest BCUT2D eigenvalue weighted by Crippen LogP contribution is -2.13. The third-order valence-corrected chi connectivity index (χ3v) is 10.5. The van der Waals surface area contributed by atoms with E-state index < -0.39 is 0 Å². The predicted molar refractivity (Wildman–Crippen MR) is 228 cm³/mol. The number of anilines is 3. The minimum atomic E-state index is 0.863. The van der Waals surface area contributed by atoms with Crippen molar-refractivity contribution in [2.75, 3.05) is 4.90 Å². The summed E-state index contributed by atoms with van der Waals surface area (Å²) in [5, 5.41) is 4.58. The SMILES string of the molecule is c1ccc(-c2cccc(-c3ccccc3N(c3ccccc3-c3ccccc3)c3ccc(-c4ccc5ccccc5c4)c4oc5ccccc5c34)c2)cc1. The van der Waals surface area contributed by atoms with E-state index in [-0.39, 0.29) is 0 Å². The van der Waals surface area contributed by atoms with Gasteiger partial charge < -0.3 is 9.32 Å². The Bertz CT molecular complexity index is 2940. The Kier molecular flexibility index (Phi) is 7.85. The van der Waals surface area contributed by atoms with Gasteiger partial charge in [0, 0.05) is 22.1 Å².